The van der Waals surface area contributed by atoms with Crippen LogP contribution >= 0.6 is 0 Å². The van der Waals surface area contributed by atoms with Gasteiger partial charge in [0.15, 0.2) is 0 Å². The second-order valence-electron chi connectivity index (χ2n) is 5.85. The van der Waals surface area contributed by atoms with E-state index in [1.807, 2.05) is 0 Å². The van der Waals surface area contributed by atoms with Crippen molar-refractivity contribution in [2.24, 2.45) is 5.41 Å². The minimum atomic E-state index is 0.00410. The highest BCUT2D eigenvalue weighted by molar-refractivity contribution is 5.97. The summed E-state index contributed by atoms with van der Waals surface area (Å²) < 4.78 is 0. The van der Waals surface area contributed by atoms with Crippen molar-refractivity contribution in [3.63, 3.8) is 0 Å². The molecule has 0 spiro atoms. The zero-order chi connectivity index (χ0) is 12.5. The van der Waals surface area contributed by atoms with E-state index in [1.165, 1.54) is 11.3 Å². The summed E-state index contributed by atoms with van der Waals surface area (Å²) >= 11 is 0. The van der Waals surface area contributed by atoms with Gasteiger partial charge >= 0.3 is 0 Å². The number of likely N-dealkylation sites (tertiary alicyclic amines) is 1. The first-order valence-corrected chi connectivity index (χ1v) is 6.57. The fourth-order valence-corrected chi connectivity index (χ4v) is 2.77. The fraction of sp³-hybridized carbons (Fsp3) is 0.846. The van der Waals surface area contributed by atoms with Gasteiger partial charge in [-0.1, -0.05) is 13.8 Å². The molecule has 0 radical (unpaired) electrons. The van der Waals surface area contributed by atoms with Crippen LogP contribution in [-0.4, -0.2) is 35.8 Å². The van der Waals surface area contributed by atoms with Gasteiger partial charge in [-0.15, -0.1) is 0 Å². The quantitative estimate of drug-likeness (QED) is 0.738. The third kappa shape index (κ3) is 2.68. The van der Waals surface area contributed by atoms with E-state index in [1.54, 1.807) is 0 Å². The van der Waals surface area contributed by atoms with Gasteiger partial charge in [0, 0.05) is 25.4 Å². The highest BCUT2D eigenvalue weighted by atomic mass is 16.2. The Bertz CT molecular complexity index is 309. The number of carbonyl (C=O) groups is 2. The molecule has 2 saturated heterocycles. The summed E-state index contributed by atoms with van der Waals surface area (Å²) in [6.45, 7) is 5.96. The molecule has 0 aromatic heterocycles. The van der Waals surface area contributed by atoms with Crippen LogP contribution in [0.2, 0.25) is 0 Å². The smallest absolute Gasteiger partial charge is 0.229 e. The van der Waals surface area contributed by atoms with Gasteiger partial charge < -0.3 is 5.32 Å². The van der Waals surface area contributed by atoms with Crippen molar-refractivity contribution >= 4 is 11.8 Å². The maximum Gasteiger partial charge on any atom is 0.229 e. The summed E-state index contributed by atoms with van der Waals surface area (Å²) in [5.74, 6) is 0.00819. The Kier molecular flexibility index (Phi) is 3.52. The van der Waals surface area contributed by atoms with Crippen molar-refractivity contribution in [3.05, 3.63) is 0 Å². The van der Waals surface area contributed by atoms with E-state index >= 15 is 0 Å². The molecule has 2 heterocycles. The molecular formula is C13H22N2O2. The van der Waals surface area contributed by atoms with Gasteiger partial charge in [0.25, 0.3) is 0 Å². The lowest BCUT2D eigenvalue weighted by Crippen LogP contribution is -2.55. The topological polar surface area (TPSA) is 49.4 Å². The highest BCUT2D eigenvalue weighted by Gasteiger charge is 2.36. The maximum absolute atomic E-state index is 11.8. The first kappa shape index (κ1) is 12.6. The van der Waals surface area contributed by atoms with Crippen LogP contribution in [-0.2, 0) is 9.59 Å². The van der Waals surface area contributed by atoms with Gasteiger partial charge in [-0.25, -0.2) is 0 Å². The van der Waals surface area contributed by atoms with Crippen molar-refractivity contribution < 1.29 is 9.59 Å². The molecule has 2 aliphatic rings. The molecule has 17 heavy (non-hydrogen) atoms. The predicted molar refractivity (Wildman–Crippen MR) is 65.4 cm³/mol. The third-order valence-corrected chi connectivity index (χ3v) is 4.08. The van der Waals surface area contributed by atoms with Crippen LogP contribution < -0.4 is 5.32 Å². The minimum absolute atomic E-state index is 0.00410. The normalized spacial score (nSPS) is 29.5. The number of amides is 2. The van der Waals surface area contributed by atoms with Crippen molar-refractivity contribution in [2.75, 3.05) is 13.1 Å². The van der Waals surface area contributed by atoms with Crippen LogP contribution in [0.25, 0.3) is 0 Å². The summed E-state index contributed by atoms with van der Waals surface area (Å²) in [6, 6.07) is 0.238. The standard InChI is InChI=1S/C13H22N2O2/c1-13(2)7-4-8-14-10(13)9-15-11(16)5-3-6-12(15)17/h10,14H,3-9H2,1-2H3. The van der Waals surface area contributed by atoms with Crippen LogP contribution in [0.1, 0.15) is 46.0 Å². The Hall–Kier alpha value is -0.900. The van der Waals surface area contributed by atoms with Gasteiger partial charge in [0.05, 0.1) is 0 Å². The molecule has 0 saturated carbocycles. The maximum atomic E-state index is 11.8. The molecule has 1 unspecified atom stereocenters. The molecule has 0 aromatic carbocycles. The molecule has 2 amide bonds. The number of carbonyl (C=O) groups excluding carboxylic acids is 2. The van der Waals surface area contributed by atoms with Crippen LogP contribution in [0.15, 0.2) is 0 Å². The van der Waals surface area contributed by atoms with Gasteiger partial charge in [-0.05, 0) is 31.2 Å². The van der Waals surface area contributed by atoms with Gasteiger partial charge in [-0.2, -0.15) is 0 Å². The number of hydrogen-bond acceptors (Lipinski definition) is 3. The fourth-order valence-electron chi connectivity index (χ4n) is 2.77. The highest BCUT2D eigenvalue weighted by Crippen LogP contribution is 2.31. The monoisotopic (exact) mass is 238 g/mol. The predicted octanol–water partition coefficient (Wildman–Crippen LogP) is 1.30. The number of hydrogen-bond donors (Lipinski definition) is 1. The van der Waals surface area contributed by atoms with Gasteiger partial charge in [0.2, 0.25) is 11.8 Å². The second kappa shape index (κ2) is 4.77. The summed E-state index contributed by atoms with van der Waals surface area (Å²) in [5, 5.41) is 3.45. The molecule has 96 valence electrons. The number of imide groups is 1. The van der Waals surface area contributed by atoms with E-state index in [9.17, 15) is 9.59 Å². The van der Waals surface area contributed by atoms with E-state index in [-0.39, 0.29) is 23.3 Å². The number of nitrogens with zero attached hydrogens (tertiary/aromatic N) is 1. The van der Waals surface area contributed by atoms with Crippen LogP contribution in [0.4, 0.5) is 0 Å². The third-order valence-electron chi connectivity index (χ3n) is 4.08. The van der Waals surface area contributed by atoms with E-state index in [0.29, 0.717) is 19.4 Å². The Labute approximate surface area is 103 Å². The molecule has 1 atom stereocenters. The molecule has 0 bridgehead atoms. The Morgan fingerprint density at radius 3 is 2.47 bits per heavy atom. The average molecular weight is 238 g/mol. The minimum Gasteiger partial charge on any atom is -0.312 e. The van der Waals surface area contributed by atoms with Crippen LogP contribution in [0.3, 0.4) is 0 Å². The van der Waals surface area contributed by atoms with Crippen LogP contribution in [0.5, 0.6) is 0 Å². The molecule has 0 aromatic rings. The SMILES string of the molecule is CC1(C)CCCNC1CN1C(=O)CCCC1=O. The summed E-state index contributed by atoms with van der Waals surface area (Å²) in [6.07, 6.45) is 4.10. The zero-order valence-corrected chi connectivity index (χ0v) is 10.8. The molecule has 2 aliphatic heterocycles. The molecule has 1 N–H and O–H groups in total. The molecule has 4 heteroatoms. The molecular weight excluding hydrogens is 216 g/mol. The Balaban J connectivity index is 2.03. The second-order valence-corrected chi connectivity index (χ2v) is 5.85. The van der Waals surface area contributed by atoms with Gasteiger partial charge in [-0.3, -0.25) is 14.5 Å². The Morgan fingerprint density at radius 1 is 1.24 bits per heavy atom. The van der Waals surface area contributed by atoms with E-state index in [0.717, 1.165) is 19.4 Å². The van der Waals surface area contributed by atoms with Crippen molar-refractivity contribution in [3.8, 4) is 0 Å². The number of rotatable bonds is 2. The first-order valence-electron chi connectivity index (χ1n) is 6.57. The molecule has 2 fully saturated rings. The molecule has 0 aliphatic carbocycles. The van der Waals surface area contributed by atoms with Gasteiger partial charge in [0.1, 0.15) is 0 Å². The van der Waals surface area contributed by atoms with Crippen molar-refractivity contribution in [1.29, 1.82) is 0 Å². The average Bonchev–Trinajstić information content (AvgIpc) is 2.25. The lowest BCUT2D eigenvalue weighted by molar-refractivity contribution is -0.149. The van der Waals surface area contributed by atoms with Crippen molar-refractivity contribution in [1.82, 2.24) is 10.2 Å². The van der Waals surface area contributed by atoms with E-state index in [4.69, 9.17) is 0 Å². The summed E-state index contributed by atoms with van der Waals surface area (Å²) in [4.78, 5) is 25.0. The lowest BCUT2D eigenvalue weighted by atomic mass is 9.77. The number of piperidine rings is 2. The number of nitrogens with one attached hydrogen (secondary N) is 1. The Morgan fingerprint density at radius 2 is 1.88 bits per heavy atom. The van der Waals surface area contributed by atoms with Crippen LogP contribution in [0, 0.1) is 5.41 Å². The van der Waals surface area contributed by atoms with Crippen molar-refractivity contribution in [2.45, 2.75) is 52.0 Å². The largest absolute Gasteiger partial charge is 0.312 e. The lowest BCUT2D eigenvalue weighted by Gasteiger charge is -2.42. The first-order chi connectivity index (χ1) is 8.00. The van der Waals surface area contributed by atoms with E-state index < -0.39 is 0 Å². The molecule has 2 rings (SSSR count). The summed E-state index contributed by atoms with van der Waals surface area (Å²) in [7, 11) is 0. The zero-order valence-electron chi connectivity index (χ0n) is 10.8. The molecule has 4 nitrogen and oxygen atoms in total. The van der Waals surface area contributed by atoms with E-state index in [2.05, 4.69) is 19.2 Å². The summed E-state index contributed by atoms with van der Waals surface area (Å²) in [5.41, 5.74) is 0.163.